The standard InChI is InChI=1S/C31H41ClN4O4S/c1-2-34-27-19-25(20-28(21-27)36-16-6-7-17-41(36,39)40)31(38)35-29(18-24-8-4-3-5-9-24)30(37)22-33-15-14-23-10-12-26(32)13-11-23/h3-5,8-13,19-21,29-30,33-34,37,39-40H,2,6-7,14-18,22H2,1H3,(H,35,38)/t29-,30-/m0/s1. The molecule has 0 radical (unpaired) electrons. The summed E-state index contributed by atoms with van der Waals surface area (Å²) in [5, 5.41) is 21.5. The maximum absolute atomic E-state index is 13.6. The normalized spacial score (nSPS) is 17.0. The van der Waals surface area contributed by atoms with Gasteiger partial charge in [0.05, 0.1) is 23.6 Å². The van der Waals surface area contributed by atoms with Crippen LogP contribution in [0.5, 0.6) is 0 Å². The van der Waals surface area contributed by atoms with Gasteiger partial charge < -0.3 is 21.1 Å². The van der Waals surface area contributed by atoms with Crippen molar-refractivity contribution in [3.8, 4) is 0 Å². The lowest BCUT2D eigenvalue weighted by Gasteiger charge is -2.47. The van der Waals surface area contributed by atoms with E-state index in [0.717, 1.165) is 36.1 Å². The van der Waals surface area contributed by atoms with Gasteiger partial charge in [-0.2, -0.15) is 0 Å². The van der Waals surface area contributed by atoms with E-state index in [1.165, 1.54) is 0 Å². The third kappa shape index (κ3) is 9.10. The molecule has 1 aliphatic heterocycles. The number of hydrogen-bond acceptors (Lipinski definition) is 7. The van der Waals surface area contributed by atoms with Gasteiger partial charge in [0.1, 0.15) is 0 Å². The van der Waals surface area contributed by atoms with Gasteiger partial charge >= 0.3 is 0 Å². The zero-order valence-corrected chi connectivity index (χ0v) is 25.0. The van der Waals surface area contributed by atoms with Crippen LogP contribution in [0.25, 0.3) is 0 Å². The highest BCUT2D eigenvalue weighted by Gasteiger charge is 2.28. The van der Waals surface area contributed by atoms with Crippen molar-refractivity contribution >= 4 is 39.7 Å². The van der Waals surface area contributed by atoms with Crippen LogP contribution in [-0.4, -0.2) is 64.2 Å². The summed E-state index contributed by atoms with van der Waals surface area (Å²) in [7, 11) is -2.94. The van der Waals surface area contributed by atoms with Crippen LogP contribution in [0.2, 0.25) is 5.02 Å². The van der Waals surface area contributed by atoms with Crippen LogP contribution in [0.15, 0.2) is 72.8 Å². The molecule has 1 saturated heterocycles. The van der Waals surface area contributed by atoms with Crippen LogP contribution in [0.4, 0.5) is 11.4 Å². The molecule has 10 heteroatoms. The Labute approximate surface area is 249 Å². The van der Waals surface area contributed by atoms with Crippen LogP contribution >= 0.6 is 22.4 Å². The number of halogens is 1. The van der Waals surface area contributed by atoms with E-state index < -0.39 is 22.9 Å². The Bertz CT molecular complexity index is 1260. The molecule has 1 fully saturated rings. The Kier molecular flexibility index (Phi) is 11.3. The summed E-state index contributed by atoms with van der Waals surface area (Å²) in [4.78, 5) is 13.6. The van der Waals surface area contributed by atoms with Crippen molar-refractivity contribution in [2.45, 2.75) is 44.8 Å². The maximum Gasteiger partial charge on any atom is 0.251 e. The molecule has 0 saturated carbocycles. The number of rotatable bonds is 13. The minimum Gasteiger partial charge on any atom is -0.390 e. The van der Waals surface area contributed by atoms with Crippen LogP contribution < -0.4 is 20.3 Å². The van der Waals surface area contributed by atoms with E-state index in [0.29, 0.717) is 54.6 Å². The molecule has 4 rings (SSSR count). The second-order valence-electron chi connectivity index (χ2n) is 10.4. The number of aliphatic hydroxyl groups excluding tert-OH is 1. The van der Waals surface area contributed by atoms with Gasteiger partial charge in [0.25, 0.3) is 5.91 Å². The second kappa shape index (κ2) is 14.9. The van der Waals surface area contributed by atoms with E-state index in [1.54, 1.807) is 16.4 Å². The zero-order valence-electron chi connectivity index (χ0n) is 23.4. The van der Waals surface area contributed by atoms with Gasteiger partial charge in [0.2, 0.25) is 0 Å². The molecule has 2 atom stereocenters. The fourth-order valence-electron chi connectivity index (χ4n) is 4.98. The molecule has 0 aliphatic carbocycles. The first-order valence-electron chi connectivity index (χ1n) is 14.2. The summed E-state index contributed by atoms with van der Waals surface area (Å²) >= 11 is 5.98. The summed E-state index contributed by atoms with van der Waals surface area (Å²) in [5.74, 6) is -0.0169. The van der Waals surface area contributed by atoms with Crippen molar-refractivity contribution in [3.63, 3.8) is 0 Å². The molecule has 1 heterocycles. The molecule has 0 unspecified atom stereocenters. The molecule has 3 aromatic rings. The Morgan fingerprint density at radius 1 is 1.02 bits per heavy atom. The lowest BCUT2D eigenvalue weighted by atomic mass is 10.00. The summed E-state index contributed by atoms with van der Waals surface area (Å²) in [6, 6.07) is 22.2. The predicted molar refractivity (Wildman–Crippen MR) is 170 cm³/mol. The molecule has 6 N–H and O–H groups in total. The lowest BCUT2D eigenvalue weighted by molar-refractivity contribution is 0.0831. The molecule has 3 aromatic carbocycles. The Morgan fingerprint density at radius 3 is 2.49 bits per heavy atom. The van der Waals surface area contributed by atoms with Crippen LogP contribution in [0.1, 0.15) is 41.3 Å². The molecule has 0 bridgehead atoms. The molecule has 8 nitrogen and oxygen atoms in total. The summed E-state index contributed by atoms with van der Waals surface area (Å²) < 4.78 is 23.0. The Hall–Kier alpha value is -2.79. The first kappa shape index (κ1) is 31.2. The molecule has 222 valence electrons. The largest absolute Gasteiger partial charge is 0.390 e. The van der Waals surface area contributed by atoms with Gasteiger partial charge in [0, 0.05) is 35.9 Å². The first-order valence-corrected chi connectivity index (χ1v) is 16.2. The highest BCUT2D eigenvalue weighted by Crippen LogP contribution is 2.50. The van der Waals surface area contributed by atoms with E-state index in [4.69, 9.17) is 11.6 Å². The Balaban J connectivity index is 1.48. The highest BCUT2D eigenvalue weighted by atomic mass is 35.5. The van der Waals surface area contributed by atoms with E-state index >= 15 is 0 Å². The van der Waals surface area contributed by atoms with Crippen molar-refractivity contribution in [2.24, 2.45) is 0 Å². The summed E-state index contributed by atoms with van der Waals surface area (Å²) in [6.45, 7) is 4.10. The average Bonchev–Trinajstić information content (AvgIpc) is 2.96. The molecule has 1 amide bonds. The van der Waals surface area contributed by atoms with Crippen molar-refractivity contribution in [1.29, 1.82) is 0 Å². The third-order valence-corrected chi connectivity index (χ3v) is 9.36. The molecule has 1 aliphatic rings. The molecule has 0 aromatic heterocycles. The first-order chi connectivity index (χ1) is 19.7. The fourth-order valence-corrected chi connectivity index (χ4v) is 6.78. The molecule has 41 heavy (non-hydrogen) atoms. The number of aliphatic hydroxyl groups is 1. The Morgan fingerprint density at radius 2 is 1.78 bits per heavy atom. The SMILES string of the molecule is CCNc1cc(C(=O)N[C@@H](Cc2ccccc2)[C@@H](O)CNCCc2ccc(Cl)cc2)cc(N2CCCCS2(O)O)c1. The monoisotopic (exact) mass is 600 g/mol. The topological polar surface area (TPSA) is 117 Å². The zero-order chi connectivity index (χ0) is 29.2. The van der Waals surface area contributed by atoms with Gasteiger partial charge in [0.15, 0.2) is 0 Å². The van der Waals surface area contributed by atoms with Gasteiger partial charge in [-0.3, -0.25) is 18.2 Å². The highest BCUT2D eigenvalue weighted by molar-refractivity contribution is 8.25. The smallest absolute Gasteiger partial charge is 0.251 e. The number of anilines is 2. The molecular weight excluding hydrogens is 560 g/mol. The molecular formula is C31H41ClN4O4S. The fraction of sp³-hybridized carbons (Fsp3) is 0.387. The van der Waals surface area contributed by atoms with Crippen LogP contribution in [0.3, 0.4) is 0 Å². The molecule has 0 spiro atoms. The number of carbonyl (C=O) groups is 1. The van der Waals surface area contributed by atoms with E-state index in [-0.39, 0.29) is 5.91 Å². The van der Waals surface area contributed by atoms with E-state index in [2.05, 4.69) is 16.0 Å². The van der Waals surface area contributed by atoms with Gasteiger partial charge in [-0.25, -0.2) is 0 Å². The maximum atomic E-state index is 13.6. The number of benzene rings is 3. The summed E-state index contributed by atoms with van der Waals surface area (Å²) in [5.41, 5.74) is 3.85. The van der Waals surface area contributed by atoms with Gasteiger partial charge in [-0.1, -0.05) is 54.1 Å². The minimum atomic E-state index is -2.94. The lowest BCUT2D eigenvalue weighted by Crippen LogP contribution is -2.49. The van der Waals surface area contributed by atoms with Crippen molar-refractivity contribution in [3.05, 3.63) is 94.5 Å². The minimum absolute atomic E-state index is 0.308. The number of nitrogens with one attached hydrogen (secondary N) is 3. The van der Waals surface area contributed by atoms with Gasteiger partial charge in [-0.05, 0) is 80.6 Å². The van der Waals surface area contributed by atoms with Crippen LogP contribution in [-0.2, 0) is 12.8 Å². The van der Waals surface area contributed by atoms with E-state index in [1.807, 2.05) is 67.6 Å². The average molecular weight is 601 g/mol. The van der Waals surface area contributed by atoms with Crippen molar-refractivity contribution in [1.82, 2.24) is 10.6 Å². The van der Waals surface area contributed by atoms with Crippen molar-refractivity contribution in [2.75, 3.05) is 41.6 Å². The second-order valence-corrected chi connectivity index (χ2v) is 12.9. The van der Waals surface area contributed by atoms with Crippen molar-refractivity contribution < 1.29 is 19.0 Å². The number of amides is 1. The number of nitrogens with zero attached hydrogens (tertiary/aromatic N) is 1. The number of hydrogen-bond donors (Lipinski definition) is 6. The van der Waals surface area contributed by atoms with E-state index in [9.17, 15) is 19.0 Å². The summed E-state index contributed by atoms with van der Waals surface area (Å²) in [6.07, 6.45) is 2.01. The van der Waals surface area contributed by atoms with Crippen LogP contribution in [0, 0.1) is 0 Å². The van der Waals surface area contributed by atoms with Gasteiger partial charge in [-0.15, -0.1) is 10.8 Å². The number of carbonyl (C=O) groups excluding carboxylic acids is 1. The quantitative estimate of drug-likeness (QED) is 0.142. The third-order valence-electron chi connectivity index (χ3n) is 7.17. The predicted octanol–water partition coefficient (Wildman–Crippen LogP) is 5.57.